The van der Waals surface area contributed by atoms with Gasteiger partial charge in [0.2, 0.25) is 10.0 Å². The number of fused-ring (bicyclic) bond motifs is 1. The summed E-state index contributed by atoms with van der Waals surface area (Å²) in [5, 5.41) is 1.01. The molecule has 3 aromatic rings. The quantitative estimate of drug-likeness (QED) is 0.741. The lowest BCUT2D eigenvalue weighted by molar-refractivity contribution is 0.533. The lowest BCUT2D eigenvalue weighted by Crippen LogP contribution is -2.34. The standard InChI is InChI=1S/C17H16F2N2O2S/c1-11(8-12-10-20-16-5-3-2-4-14(12)16)21-24(22,23)17-7-6-13(18)9-15(17)19/h2-7,9-11,20-21H,8H2,1H3. The molecule has 0 aliphatic heterocycles. The van der Waals surface area contributed by atoms with Crippen molar-refractivity contribution in [2.75, 3.05) is 0 Å². The fourth-order valence-electron chi connectivity index (χ4n) is 2.69. The first-order valence-electron chi connectivity index (χ1n) is 7.39. The van der Waals surface area contributed by atoms with E-state index >= 15 is 0 Å². The summed E-state index contributed by atoms with van der Waals surface area (Å²) in [7, 11) is -4.07. The predicted octanol–water partition coefficient (Wildman–Crippen LogP) is 3.36. The van der Waals surface area contributed by atoms with E-state index in [0.717, 1.165) is 28.6 Å². The van der Waals surface area contributed by atoms with Gasteiger partial charge in [-0.1, -0.05) is 18.2 Å². The van der Waals surface area contributed by atoms with Gasteiger partial charge in [-0.15, -0.1) is 0 Å². The number of rotatable bonds is 5. The van der Waals surface area contributed by atoms with Crippen molar-refractivity contribution in [2.45, 2.75) is 24.3 Å². The van der Waals surface area contributed by atoms with Crippen molar-refractivity contribution in [3.63, 3.8) is 0 Å². The molecule has 0 saturated carbocycles. The van der Waals surface area contributed by atoms with E-state index < -0.39 is 32.6 Å². The third kappa shape index (κ3) is 3.32. The molecule has 7 heteroatoms. The highest BCUT2D eigenvalue weighted by Crippen LogP contribution is 2.20. The summed E-state index contributed by atoms with van der Waals surface area (Å²) < 4.78 is 53.7. The van der Waals surface area contributed by atoms with Gasteiger partial charge in [0.05, 0.1) is 0 Å². The third-order valence-corrected chi connectivity index (χ3v) is 5.36. The number of nitrogens with one attached hydrogen (secondary N) is 2. The average molecular weight is 350 g/mol. The molecule has 0 radical (unpaired) electrons. The second-order valence-corrected chi connectivity index (χ2v) is 7.34. The first-order chi connectivity index (χ1) is 11.4. The Bertz CT molecular complexity index is 983. The Balaban J connectivity index is 1.79. The van der Waals surface area contributed by atoms with Crippen LogP contribution in [0.4, 0.5) is 8.78 Å². The van der Waals surface area contributed by atoms with Crippen molar-refractivity contribution < 1.29 is 17.2 Å². The molecule has 0 bridgehead atoms. The van der Waals surface area contributed by atoms with Gasteiger partial charge in [-0.05, 0) is 37.1 Å². The highest BCUT2D eigenvalue weighted by atomic mass is 32.2. The first-order valence-corrected chi connectivity index (χ1v) is 8.87. The zero-order valence-electron chi connectivity index (χ0n) is 12.9. The predicted molar refractivity (Wildman–Crippen MR) is 88.1 cm³/mol. The van der Waals surface area contributed by atoms with Gasteiger partial charge in [0.1, 0.15) is 16.5 Å². The molecule has 2 N–H and O–H groups in total. The number of aromatic nitrogens is 1. The molecule has 4 nitrogen and oxygen atoms in total. The van der Waals surface area contributed by atoms with Crippen molar-refractivity contribution in [3.05, 3.63) is 65.9 Å². The molecule has 126 valence electrons. The SMILES string of the molecule is CC(Cc1c[nH]c2ccccc12)NS(=O)(=O)c1ccc(F)cc1F. The Labute approximate surface area is 138 Å². The van der Waals surface area contributed by atoms with Gasteiger partial charge in [-0.3, -0.25) is 0 Å². The average Bonchev–Trinajstić information content (AvgIpc) is 2.89. The van der Waals surface area contributed by atoms with Crippen molar-refractivity contribution in [1.29, 1.82) is 0 Å². The largest absolute Gasteiger partial charge is 0.361 e. The molecule has 24 heavy (non-hydrogen) atoms. The number of H-pyrrole nitrogens is 1. The van der Waals surface area contributed by atoms with E-state index in [2.05, 4.69) is 9.71 Å². The fourth-order valence-corrected chi connectivity index (χ4v) is 4.00. The van der Waals surface area contributed by atoms with Gasteiger partial charge < -0.3 is 4.98 Å². The molecule has 0 spiro atoms. The summed E-state index contributed by atoms with van der Waals surface area (Å²) in [6, 6.07) is 9.63. The Hall–Kier alpha value is -2.25. The van der Waals surface area contributed by atoms with Crippen molar-refractivity contribution in [1.82, 2.24) is 9.71 Å². The van der Waals surface area contributed by atoms with Crippen LogP contribution in [0.5, 0.6) is 0 Å². The summed E-state index contributed by atoms with van der Waals surface area (Å²) >= 11 is 0. The summed E-state index contributed by atoms with van der Waals surface area (Å²) in [5.41, 5.74) is 1.92. The number of para-hydroxylation sites is 1. The smallest absolute Gasteiger partial charge is 0.243 e. The molecule has 1 heterocycles. The molecule has 2 aromatic carbocycles. The van der Waals surface area contributed by atoms with Crippen LogP contribution in [-0.2, 0) is 16.4 Å². The number of hydrogen-bond acceptors (Lipinski definition) is 2. The van der Waals surface area contributed by atoms with Crippen LogP contribution in [0.15, 0.2) is 53.6 Å². The number of hydrogen-bond donors (Lipinski definition) is 2. The van der Waals surface area contributed by atoms with Gasteiger partial charge in [0, 0.05) is 29.2 Å². The summed E-state index contributed by atoms with van der Waals surface area (Å²) in [6.45, 7) is 1.70. The molecule has 3 rings (SSSR count). The van der Waals surface area contributed by atoms with Gasteiger partial charge in [0.25, 0.3) is 0 Å². The van der Waals surface area contributed by atoms with Crippen LogP contribution in [-0.4, -0.2) is 19.4 Å². The van der Waals surface area contributed by atoms with Crippen LogP contribution in [0.2, 0.25) is 0 Å². The zero-order valence-corrected chi connectivity index (χ0v) is 13.7. The van der Waals surface area contributed by atoms with Crippen molar-refractivity contribution in [3.8, 4) is 0 Å². The van der Waals surface area contributed by atoms with Crippen LogP contribution in [0.3, 0.4) is 0 Å². The second kappa shape index (κ2) is 6.33. The van der Waals surface area contributed by atoms with Crippen LogP contribution in [0, 0.1) is 11.6 Å². The molecule has 0 fully saturated rings. The molecular weight excluding hydrogens is 334 g/mol. The lowest BCUT2D eigenvalue weighted by atomic mass is 10.1. The molecule has 1 aromatic heterocycles. The van der Waals surface area contributed by atoms with E-state index in [1.165, 1.54) is 0 Å². The normalized spacial score (nSPS) is 13.3. The van der Waals surface area contributed by atoms with E-state index in [1.807, 2.05) is 30.5 Å². The van der Waals surface area contributed by atoms with Gasteiger partial charge in [0.15, 0.2) is 0 Å². The van der Waals surface area contributed by atoms with Crippen LogP contribution in [0.1, 0.15) is 12.5 Å². The summed E-state index contributed by atoms with van der Waals surface area (Å²) in [6.07, 6.45) is 2.26. The monoisotopic (exact) mass is 350 g/mol. The van der Waals surface area contributed by atoms with E-state index in [1.54, 1.807) is 6.92 Å². The van der Waals surface area contributed by atoms with Crippen LogP contribution in [0.25, 0.3) is 10.9 Å². The molecule has 0 aliphatic carbocycles. The second-order valence-electron chi connectivity index (χ2n) is 5.66. The molecule has 0 amide bonds. The molecular formula is C17H16F2N2O2S. The Morgan fingerprint density at radius 3 is 2.67 bits per heavy atom. The Morgan fingerprint density at radius 2 is 1.92 bits per heavy atom. The highest BCUT2D eigenvalue weighted by Gasteiger charge is 2.22. The van der Waals surface area contributed by atoms with E-state index in [-0.39, 0.29) is 0 Å². The maximum atomic E-state index is 13.7. The van der Waals surface area contributed by atoms with Crippen LogP contribution >= 0.6 is 0 Å². The Morgan fingerprint density at radius 1 is 1.17 bits per heavy atom. The van der Waals surface area contributed by atoms with Gasteiger partial charge in [-0.25, -0.2) is 21.9 Å². The van der Waals surface area contributed by atoms with E-state index in [9.17, 15) is 17.2 Å². The van der Waals surface area contributed by atoms with Crippen LogP contribution < -0.4 is 4.72 Å². The minimum atomic E-state index is -4.07. The molecule has 1 atom stereocenters. The Kier molecular flexibility index (Phi) is 4.38. The maximum absolute atomic E-state index is 13.7. The minimum absolute atomic E-state index is 0.437. The minimum Gasteiger partial charge on any atom is -0.361 e. The van der Waals surface area contributed by atoms with Gasteiger partial charge >= 0.3 is 0 Å². The number of aromatic amines is 1. The number of halogens is 2. The maximum Gasteiger partial charge on any atom is 0.243 e. The number of benzene rings is 2. The van der Waals surface area contributed by atoms with E-state index in [0.29, 0.717) is 12.5 Å². The topological polar surface area (TPSA) is 62.0 Å². The first kappa shape index (κ1) is 16.6. The molecule has 0 saturated heterocycles. The molecule has 0 aliphatic rings. The molecule has 1 unspecified atom stereocenters. The zero-order chi connectivity index (χ0) is 17.3. The third-order valence-electron chi connectivity index (χ3n) is 3.74. The van der Waals surface area contributed by atoms with E-state index in [4.69, 9.17) is 0 Å². The van der Waals surface area contributed by atoms with Gasteiger partial charge in [-0.2, -0.15) is 0 Å². The fraction of sp³-hybridized carbons (Fsp3) is 0.176. The van der Waals surface area contributed by atoms with Crippen molar-refractivity contribution >= 4 is 20.9 Å². The summed E-state index contributed by atoms with van der Waals surface area (Å²) in [5.74, 6) is -1.93. The summed E-state index contributed by atoms with van der Waals surface area (Å²) in [4.78, 5) is 2.56. The number of sulfonamides is 1. The highest BCUT2D eigenvalue weighted by molar-refractivity contribution is 7.89. The van der Waals surface area contributed by atoms with Crippen molar-refractivity contribution in [2.24, 2.45) is 0 Å². The lowest BCUT2D eigenvalue weighted by Gasteiger charge is -2.14.